The Morgan fingerprint density at radius 1 is 1.45 bits per heavy atom. The van der Waals surface area contributed by atoms with Crippen LogP contribution in [0.2, 0.25) is 0 Å². The maximum Gasteiger partial charge on any atom is 0.235 e. The van der Waals surface area contributed by atoms with Gasteiger partial charge >= 0.3 is 0 Å². The number of nitrogens with zero attached hydrogens (tertiary/aromatic N) is 2. The van der Waals surface area contributed by atoms with E-state index in [-0.39, 0.29) is 11.7 Å². The number of carbonyl (C=O) groups excluding carboxylic acids is 1. The molecule has 20 heavy (non-hydrogen) atoms. The first-order chi connectivity index (χ1) is 9.72. The molecule has 7 nitrogen and oxygen atoms in total. The predicted octanol–water partition coefficient (Wildman–Crippen LogP) is 0.556. The van der Waals surface area contributed by atoms with Crippen molar-refractivity contribution in [1.29, 1.82) is 0 Å². The first-order valence-electron chi connectivity index (χ1n) is 6.00. The fourth-order valence-corrected chi connectivity index (χ4v) is 1.83. The lowest BCUT2D eigenvalue weighted by molar-refractivity contribution is -0.121. The fraction of sp³-hybridized carbons (Fsp3) is 0.154. The van der Waals surface area contributed by atoms with E-state index in [1.54, 1.807) is 36.7 Å². The standard InChI is InChI=1S/C13H15N5O2/c14-12(18-20)11(10-4-2-1-3-5-10)13(19)15-6-9-7-16-17-8-9/h1-5,7-8,11,20H,6H2,(H2,14,18)(H,15,19)(H,16,17). The van der Waals surface area contributed by atoms with Gasteiger partial charge in [-0.1, -0.05) is 35.5 Å². The number of carbonyl (C=O) groups is 1. The Bertz CT molecular complexity index is 580. The molecular weight excluding hydrogens is 258 g/mol. The van der Waals surface area contributed by atoms with Crippen LogP contribution in [0.3, 0.4) is 0 Å². The molecule has 0 bridgehead atoms. The molecule has 0 aliphatic heterocycles. The first-order valence-corrected chi connectivity index (χ1v) is 6.00. The summed E-state index contributed by atoms with van der Waals surface area (Å²) in [4.78, 5) is 12.2. The van der Waals surface area contributed by atoms with Gasteiger partial charge in [-0.05, 0) is 5.56 Å². The summed E-state index contributed by atoms with van der Waals surface area (Å²) in [5.74, 6) is -1.32. The van der Waals surface area contributed by atoms with Crippen molar-refractivity contribution in [3.8, 4) is 0 Å². The number of oxime groups is 1. The quantitative estimate of drug-likeness (QED) is 0.275. The SMILES string of the molecule is NC(=NO)C(C(=O)NCc1cn[nH]c1)c1ccccc1. The summed E-state index contributed by atoms with van der Waals surface area (Å²) < 4.78 is 0. The van der Waals surface area contributed by atoms with Crippen LogP contribution in [-0.2, 0) is 11.3 Å². The largest absolute Gasteiger partial charge is 0.409 e. The van der Waals surface area contributed by atoms with Crippen molar-refractivity contribution in [3.05, 3.63) is 53.9 Å². The van der Waals surface area contributed by atoms with E-state index < -0.39 is 5.92 Å². The molecule has 0 aliphatic rings. The fourth-order valence-electron chi connectivity index (χ4n) is 1.83. The number of nitrogens with two attached hydrogens (primary N) is 1. The van der Waals surface area contributed by atoms with E-state index in [4.69, 9.17) is 10.9 Å². The van der Waals surface area contributed by atoms with Crippen LogP contribution in [0.1, 0.15) is 17.0 Å². The van der Waals surface area contributed by atoms with Crippen LogP contribution >= 0.6 is 0 Å². The summed E-state index contributed by atoms with van der Waals surface area (Å²) in [5.41, 5.74) is 7.12. The lowest BCUT2D eigenvalue weighted by Gasteiger charge is -2.15. The number of amides is 1. The molecule has 1 aromatic carbocycles. The highest BCUT2D eigenvalue weighted by molar-refractivity contribution is 6.07. The zero-order valence-corrected chi connectivity index (χ0v) is 10.7. The Morgan fingerprint density at radius 3 is 2.80 bits per heavy atom. The number of benzene rings is 1. The van der Waals surface area contributed by atoms with Crippen LogP contribution in [0.4, 0.5) is 0 Å². The normalized spacial score (nSPS) is 12.9. The summed E-state index contributed by atoms with van der Waals surface area (Å²) in [6, 6.07) is 8.91. The molecule has 104 valence electrons. The van der Waals surface area contributed by atoms with Gasteiger partial charge in [-0.25, -0.2) is 0 Å². The number of aromatic nitrogens is 2. The molecule has 1 atom stereocenters. The lowest BCUT2D eigenvalue weighted by Crippen LogP contribution is -2.36. The van der Waals surface area contributed by atoms with Gasteiger partial charge in [-0.2, -0.15) is 5.10 Å². The second-order valence-electron chi connectivity index (χ2n) is 4.19. The van der Waals surface area contributed by atoms with Gasteiger partial charge < -0.3 is 16.3 Å². The van der Waals surface area contributed by atoms with Crippen LogP contribution < -0.4 is 11.1 Å². The molecule has 2 rings (SSSR count). The molecule has 5 N–H and O–H groups in total. The summed E-state index contributed by atoms with van der Waals surface area (Å²) in [7, 11) is 0. The lowest BCUT2D eigenvalue weighted by atomic mass is 9.97. The third-order valence-corrected chi connectivity index (χ3v) is 2.83. The molecule has 1 heterocycles. The van der Waals surface area contributed by atoms with Gasteiger partial charge in [0.2, 0.25) is 5.91 Å². The Kier molecular flexibility index (Phi) is 4.33. The van der Waals surface area contributed by atoms with E-state index in [1.165, 1.54) is 0 Å². The average Bonchev–Trinajstić information content (AvgIpc) is 2.99. The minimum absolute atomic E-state index is 0.152. The Morgan fingerprint density at radius 2 is 2.20 bits per heavy atom. The molecular formula is C13H15N5O2. The predicted molar refractivity (Wildman–Crippen MR) is 73.0 cm³/mol. The summed E-state index contributed by atoms with van der Waals surface area (Å²) in [5, 5.41) is 21.0. The maximum absolute atomic E-state index is 12.2. The Labute approximate surface area is 115 Å². The monoisotopic (exact) mass is 273 g/mol. The van der Waals surface area contributed by atoms with Crippen LogP contribution in [0.25, 0.3) is 0 Å². The molecule has 2 aromatic rings. The van der Waals surface area contributed by atoms with Crippen LogP contribution in [0.5, 0.6) is 0 Å². The molecule has 0 radical (unpaired) electrons. The van der Waals surface area contributed by atoms with Gasteiger partial charge in [-0.3, -0.25) is 9.89 Å². The van der Waals surface area contributed by atoms with Crippen molar-refractivity contribution in [1.82, 2.24) is 15.5 Å². The topological polar surface area (TPSA) is 116 Å². The van der Waals surface area contributed by atoms with Gasteiger partial charge in [0.1, 0.15) is 5.92 Å². The molecule has 1 unspecified atom stereocenters. The van der Waals surface area contributed by atoms with Crippen molar-refractivity contribution in [2.75, 3.05) is 0 Å². The van der Waals surface area contributed by atoms with E-state index in [1.807, 2.05) is 6.07 Å². The van der Waals surface area contributed by atoms with Crippen molar-refractivity contribution >= 4 is 11.7 Å². The highest BCUT2D eigenvalue weighted by atomic mass is 16.4. The molecule has 0 saturated carbocycles. The van der Waals surface area contributed by atoms with Crippen LogP contribution in [0, 0.1) is 0 Å². The van der Waals surface area contributed by atoms with Crippen molar-refractivity contribution in [2.45, 2.75) is 12.5 Å². The van der Waals surface area contributed by atoms with Crippen molar-refractivity contribution in [3.63, 3.8) is 0 Å². The number of hydrogen-bond acceptors (Lipinski definition) is 4. The number of nitrogens with one attached hydrogen (secondary N) is 2. The Hall–Kier alpha value is -2.83. The molecule has 0 fully saturated rings. The van der Waals surface area contributed by atoms with Gasteiger partial charge in [0.25, 0.3) is 0 Å². The van der Waals surface area contributed by atoms with Crippen LogP contribution in [-0.4, -0.2) is 27.1 Å². The van der Waals surface area contributed by atoms with Gasteiger partial charge in [-0.15, -0.1) is 0 Å². The van der Waals surface area contributed by atoms with Crippen molar-refractivity contribution < 1.29 is 10.0 Å². The van der Waals surface area contributed by atoms with E-state index in [2.05, 4.69) is 20.7 Å². The smallest absolute Gasteiger partial charge is 0.235 e. The second-order valence-corrected chi connectivity index (χ2v) is 4.19. The zero-order valence-electron chi connectivity index (χ0n) is 10.7. The van der Waals surface area contributed by atoms with Crippen molar-refractivity contribution in [2.24, 2.45) is 10.9 Å². The van der Waals surface area contributed by atoms with E-state index in [0.29, 0.717) is 12.1 Å². The van der Waals surface area contributed by atoms with Gasteiger partial charge in [0.15, 0.2) is 5.84 Å². The second kappa shape index (κ2) is 6.37. The van der Waals surface area contributed by atoms with E-state index in [0.717, 1.165) is 5.56 Å². The summed E-state index contributed by atoms with van der Waals surface area (Å²) in [6.07, 6.45) is 3.29. The first kappa shape index (κ1) is 13.6. The molecule has 0 saturated heterocycles. The van der Waals surface area contributed by atoms with Gasteiger partial charge in [0.05, 0.1) is 6.20 Å². The number of hydrogen-bond donors (Lipinski definition) is 4. The zero-order chi connectivity index (χ0) is 14.4. The highest BCUT2D eigenvalue weighted by Gasteiger charge is 2.24. The minimum Gasteiger partial charge on any atom is -0.409 e. The van der Waals surface area contributed by atoms with Gasteiger partial charge in [0, 0.05) is 18.3 Å². The highest BCUT2D eigenvalue weighted by Crippen LogP contribution is 2.16. The number of H-pyrrole nitrogens is 1. The molecule has 1 aromatic heterocycles. The maximum atomic E-state index is 12.2. The number of amidine groups is 1. The van der Waals surface area contributed by atoms with E-state index >= 15 is 0 Å². The minimum atomic E-state index is -0.826. The number of aromatic amines is 1. The molecule has 1 amide bonds. The molecule has 7 heteroatoms. The average molecular weight is 273 g/mol. The summed E-state index contributed by atoms with van der Waals surface area (Å²) >= 11 is 0. The number of rotatable bonds is 5. The third kappa shape index (κ3) is 3.14. The van der Waals surface area contributed by atoms with E-state index in [9.17, 15) is 4.79 Å². The molecule has 0 aliphatic carbocycles. The Balaban J connectivity index is 2.13. The van der Waals surface area contributed by atoms with Crippen LogP contribution in [0.15, 0.2) is 47.9 Å². The third-order valence-electron chi connectivity index (χ3n) is 2.83. The summed E-state index contributed by atoms with van der Waals surface area (Å²) in [6.45, 7) is 0.317. The molecule has 0 spiro atoms.